The quantitative estimate of drug-likeness (QED) is 0.567. The van der Waals surface area contributed by atoms with E-state index in [0.29, 0.717) is 10.6 Å². The summed E-state index contributed by atoms with van der Waals surface area (Å²) >= 11 is 3.95. The van der Waals surface area contributed by atoms with Crippen molar-refractivity contribution >= 4 is 22.5 Å². The molecule has 0 atom stereocenters. The van der Waals surface area contributed by atoms with Crippen molar-refractivity contribution in [3.63, 3.8) is 0 Å². The molecule has 0 aliphatic rings. The second-order valence-corrected chi connectivity index (χ2v) is 3.06. The van der Waals surface area contributed by atoms with Crippen LogP contribution >= 0.6 is 22.5 Å². The molecule has 1 aromatic carbocycles. The SMILES string of the molecule is COc1ccc(F)cc1SS. The standard InChI is InChI=1S/C7H7FOS2/c1-9-6-3-2-5(8)4-7(6)11-10/h2-4,10H,1H3. The summed E-state index contributed by atoms with van der Waals surface area (Å²) in [5.74, 6) is 0.369. The lowest BCUT2D eigenvalue weighted by molar-refractivity contribution is 0.403. The third-order valence-corrected chi connectivity index (χ3v) is 2.33. The Kier molecular flexibility index (Phi) is 3.08. The molecule has 0 spiro atoms. The van der Waals surface area contributed by atoms with Gasteiger partial charge in [-0.15, -0.1) is 11.7 Å². The molecule has 0 N–H and O–H groups in total. The fourth-order valence-electron chi connectivity index (χ4n) is 0.722. The Balaban J connectivity index is 3.06. The zero-order valence-corrected chi connectivity index (χ0v) is 7.58. The van der Waals surface area contributed by atoms with Crippen molar-refractivity contribution < 1.29 is 9.13 Å². The van der Waals surface area contributed by atoms with Gasteiger partial charge in [0.1, 0.15) is 11.6 Å². The number of methoxy groups -OCH3 is 1. The van der Waals surface area contributed by atoms with Crippen LogP contribution in [0.2, 0.25) is 0 Å². The van der Waals surface area contributed by atoms with Gasteiger partial charge in [-0.3, -0.25) is 0 Å². The van der Waals surface area contributed by atoms with E-state index in [9.17, 15) is 4.39 Å². The largest absolute Gasteiger partial charge is 0.496 e. The van der Waals surface area contributed by atoms with Crippen LogP contribution in [0.15, 0.2) is 23.1 Å². The molecule has 4 heteroatoms. The van der Waals surface area contributed by atoms with Gasteiger partial charge < -0.3 is 4.74 Å². The summed E-state index contributed by atoms with van der Waals surface area (Å²) in [7, 11) is 2.71. The van der Waals surface area contributed by atoms with Crippen molar-refractivity contribution in [1.29, 1.82) is 0 Å². The molecule has 0 aromatic heterocycles. The lowest BCUT2D eigenvalue weighted by Crippen LogP contribution is -1.85. The molecule has 1 nitrogen and oxygen atoms in total. The monoisotopic (exact) mass is 190 g/mol. The smallest absolute Gasteiger partial charge is 0.133 e. The Morgan fingerprint density at radius 2 is 2.27 bits per heavy atom. The molecule has 0 aliphatic carbocycles. The zero-order valence-electron chi connectivity index (χ0n) is 5.87. The van der Waals surface area contributed by atoms with E-state index in [1.54, 1.807) is 13.2 Å². The molecule has 11 heavy (non-hydrogen) atoms. The highest BCUT2D eigenvalue weighted by Crippen LogP contribution is 2.31. The van der Waals surface area contributed by atoms with E-state index in [2.05, 4.69) is 11.7 Å². The fourth-order valence-corrected chi connectivity index (χ4v) is 1.56. The maximum atomic E-state index is 12.6. The summed E-state index contributed by atoms with van der Waals surface area (Å²) < 4.78 is 17.5. The maximum Gasteiger partial charge on any atom is 0.133 e. The van der Waals surface area contributed by atoms with Gasteiger partial charge in [0.15, 0.2) is 0 Å². The first-order valence-corrected chi connectivity index (χ1v) is 4.79. The normalized spacial score (nSPS) is 9.73. The molecule has 0 bridgehead atoms. The minimum Gasteiger partial charge on any atom is -0.496 e. The highest BCUT2D eigenvalue weighted by molar-refractivity contribution is 8.68. The number of rotatable bonds is 2. The van der Waals surface area contributed by atoms with E-state index < -0.39 is 0 Å². The van der Waals surface area contributed by atoms with E-state index in [1.807, 2.05) is 0 Å². The molecule has 0 heterocycles. The number of hydrogen-bond acceptors (Lipinski definition) is 3. The van der Waals surface area contributed by atoms with Gasteiger partial charge in [0.05, 0.1) is 12.0 Å². The molecule has 0 amide bonds. The van der Waals surface area contributed by atoms with Crippen molar-refractivity contribution in [1.82, 2.24) is 0 Å². The van der Waals surface area contributed by atoms with E-state index in [4.69, 9.17) is 4.74 Å². The summed E-state index contributed by atoms with van der Waals surface area (Å²) in [5, 5.41) is 0. The Hall–Kier alpha value is -0.350. The van der Waals surface area contributed by atoms with Crippen LogP contribution in [0, 0.1) is 5.82 Å². The Bertz CT molecular complexity index is 252. The molecule has 1 rings (SSSR count). The number of hydrogen-bond donors (Lipinski definition) is 1. The molecule has 0 unspecified atom stereocenters. The first-order valence-electron chi connectivity index (χ1n) is 2.93. The minimum absolute atomic E-state index is 0.276. The first-order chi connectivity index (χ1) is 5.27. The van der Waals surface area contributed by atoms with Crippen LogP contribution in [0.4, 0.5) is 4.39 Å². The van der Waals surface area contributed by atoms with E-state index in [-0.39, 0.29) is 5.82 Å². The molecule has 0 aliphatic heterocycles. The number of thiol groups is 1. The predicted octanol–water partition coefficient (Wildman–Crippen LogP) is 2.77. The van der Waals surface area contributed by atoms with Crippen LogP contribution in [0.25, 0.3) is 0 Å². The number of ether oxygens (including phenoxy) is 1. The van der Waals surface area contributed by atoms with Gasteiger partial charge in [0.25, 0.3) is 0 Å². The Labute approximate surface area is 73.8 Å². The van der Waals surface area contributed by atoms with Gasteiger partial charge in [-0.2, -0.15) is 0 Å². The van der Waals surface area contributed by atoms with Gasteiger partial charge in [-0.05, 0) is 18.2 Å². The molecule has 0 saturated carbocycles. The van der Waals surface area contributed by atoms with E-state index in [1.165, 1.54) is 12.1 Å². The highest BCUT2D eigenvalue weighted by Gasteiger charge is 2.02. The summed E-state index contributed by atoms with van der Waals surface area (Å²) in [6, 6.07) is 4.32. The lowest BCUT2D eigenvalue weighted by Gasteiger charge is -2.03. The summed E-state index contributed by atoms with van der Waals surface area (Å²) in [6.45, 7) is 0. The summed E-state index contributed by atoms with van der Waals surface area (Å²) in [6.07, 6.45) is 0. The third kappa shape index (κ3) is 2.04. The van der Waals surface area contributed by atoms with E-state index >= 15 is 0 Å². The molecule has 0 fully saturated rings. The summed E-state index contributed by atoms with van der Waals surface area (Å²) in [4.78, 5) is 0.691. The van der Waals surface area contributed by atoms with Crippen molar-refractivity contribution in [2.24, 2.45) is 0 Å². The van der Waals surface area contributed by atoms with Crippen LogP contribution in [0.5, 0.6) is 5.75 Å². The minimum atomic E-state index is -0.276. The van der Waals surface area contributed by atoms with Crippen LogP contribution in [-0.2, 0) is 0 Å². The van der Waals surface area contributed by atoms with Gasteiger partial charge in [0, 0.05) is 0 Å². The van der Waals surface area contributed by atoms with Crippen molar-refractivity contribution in [2.45, 2.75) is 4.90 Å². The lowest BCUT2D eigenvalue weighted by atomic mass is 10.3. The van der Waals surface area contributed by atoms with Crippen LogP contribution < -0.4 is 4.74 Å². The molecule has 60 valence electrons. The molecule has 0 saturated heterocycles. The number of benzene rings is 1. The first kappa shape index (κ1) is 8.74. The average Bonchev–Trinajstić information content (AvgIpc) is 2.04. The Morgan fingerprint density at radius 1 is 1.55 bits per heavy atom. The highest BCUT2D eigenvalue weighted by atomic mass is 33.1. The second-order valence-electron chi connectivity index (χ2n) is 1.89. The second kappa shape index (κ2) is 3.88. The topological polar surface area (TPSA) is 9.23 Å². The summed E-state index contributed by atoms with van der Waals surface area (Å²) in [5.41, 5.74) is 0. The van der Waals surface area contributed by atoms with Crippen LogP contribution in [0.1, 0.15) is 0 Å². The Morgan fingerprint density at radius 3 is 2.82 bits per heavy atom. The fraction of sp³-hybridized carbons (Fsp3) is 0.143. The predicted molar refractivity (Wildman–Crippen MR) is 47.8 cm³/mol. The van der Waals surface area contributed by atoms with Crippen LogP contribution in [0.3, 0.4) is 0 Å². The van der Waals surface area contributed by atoms with Crippen molar-refractivity contribution in [3.8, 4) is 5.75 Å². The van der Waals surface area contributed by atoms with Gasteiger partial charge in [0.2, 0.25) is 0 Å². The number of halogens is 1. The van der Waals surface area contributed by atoms with Crippen LogP contribution in [-0.4, -0.2) is 7.11 Å². The van der Waals surface area contributed by atoms with Gasteiger partial charge >= 0.3 is 0 Å². The van der Waals surface area contributed by atoms with Crippen molar-refractivity contribution in [2.75, 3.05) is 7.11 Å². The molecular weight excluding hydrogens is 183 g/mol. The zero-order chi connectivity index (χ0) is 8.27. The molecule has 1 aromatic rings. The van der Waals surface area contributed by atoms with Gasteiger partial charge in [-0.25, -0.2) is 4.39 Å². The van der Waals surface area contributed by atoms with Crippen molar-refractivity contribution in [3.05, 3.63) is 24.0 Å². The van der Waals surface area contributed by atoms with E-state index in [0.717, 1.165) is 10.8 Å². The van der Waals surface area contributed by atoms with Gasteiger partial charge in [-0.1, -0.05) is 10.8 Å². The maximum absolute atomic E-state index is 12.6. The third-order valence-electron chi connectivity index (χ3n) is 1.22. The molecule has 0 radical (unpaired) electrons. The average molecular weight is 190 g/mol. The molecular formula is C7H7FOS2.